The Labute approximate surface area is 158 Å². The average Bonchev–Trinajstić information content (AvgIpc) is 3.10. The number of aromatic nitrogens is 1. The minimum Gasteiger partial charge on any atom is -0.300 e. The number of rotatable bonds is 5. The first-order valence-corrected chi connectivity index (χ1v) is 9.54. The van der Waals surface area contributed by atoms with E-state index in [9.17, 15) is 9.18 Å². The minimum atomic E-state index is -0.403. The van der Waals surface area contributed by atoms with Crippen LogP contribution in [0, 0.1) is 5.82 Å². The van der Waals surface area contributed by atoms with E-state index in [0.29, 0.717) is 17.2 Å². The maximum absolute atomic E-state index is 13.4. The molecule has 0 N–H and O–H groups in total. The van der Waals surface area contributed by atoms with Crippen molar-refractivity contribution in [1.82, 2.24) is 9.88 Å². The molecule has 0 unspecified atom stereocenters. The lowest BCUT2D eigenvalue weighted by molar-refractivity contribution is 0.103. The number of likely N-dealkylation sites (tertiary alicyclic amines) is 1. The first-order valence-electron chi connectivity index (χ1n) is 9.54. The molecular formula is C23H23FN2O. The molecule has 0 aliphatic carbocycles. The van der Waals surface area contributed by atoms with Gasteiger partial charge in [-0.2, -0.15) is 0 Å². The number of halogens is 1. The van der Waals surface area contributed by atoms with Gasteiger partial charge in [0.2, 0.25) is 0 Å². The van der Waals surface area contributed by atoms with Crippen molar-refractivity contribution < 1.29 is 9.18 Å². The fraction of sp³-hybridized carbons (Fsp3) is 0.304. The third-order valence-corrected chi connectivity index (χ3v) is 5.44. The van der Waals surface area contributed by atoms with Crippen LogP contribution in [0.25, 0.3) is 10.9 Å². The Morgan fingerprint density at radius 1 is 1.15 bits per heavy atom. The monoisotopic (exact) mass is 362 g/mol. The lowest BCUT2D eigenvalue weighted by atomic mass is 10.0. The normalized spacial score (nSPS) is 17.5. The van der Waals surface area contributed by atoms with Gasteiger partial charge in [0.05, 0.1) is 5.52 Å². The lowest BCUT2D eigenvalue weighted by Gasteiger charge is -2.20. The molecule has 0 bridgehead atoms. The summed E-state index contributed by atoms with van der Waals surface area (Å²) in [5.74, 6) is -0.580. The summed E-state index contributed by atoms with van der Waals surface area (Å²) in [6.45, 7) is 4.51. The van der Waals surface area contributed by atoms with E-state index in [1.54, 1.807) is 18.2 Å². The van der Waals surface area contributed by atoms with Crippen molar-refractivity contribution in [3.8, 4) is 0 Å². The zero-order valence-electron chi connectivity index (χ0n) is 15.5. The minimum absolute atomic E-state index is 0.177. The van der Waals surface area contributed by atoms with Gasteiger partial charge in [0.25, 0.3) is 0 Å². The van der Waals surface area contributed by atoms with E-state index in [-0.39, 0.29) is 5.78 Å². The molecule has 0 amide bonds. The van der Waals surface area contributed by atoms with Gasteiger partial charge in [0.1, 0.15) is 5.82 Å². The molecule has 0 spiro atoms. The average molecular weight is 362 g/mol. The predicted octanol–water partition coefficient (Wildman–Crippen LogP) is 4.63. The zero-order valence-corrected chi connectivity index (χ0v) is 15.5. The molecule has 2 aromatic carbocycles. The SMILES string of the molecule is C[C@@H]1CCCN1CCc1ccc2cc(C(=O)c3cccc(F)c3)ccc2n1. The van der Waals surface area contributed by atoms with Gasteiger partial charge in [-0.3, -0.25) is 9.78 Å². The number of fused-ring (bicyclic) bond motifs is 1. The van der Waals surface area contributed by atoms with Gasteiger partial charge in [-0.15, -0.1) is 0 Å². The first kappa shape index (κ1) is 17.8. The zero-order chi connectivity index (χ0) is 18.8. The number of carbonyl (C=O) groups excluding carboxylic acids is 1. The molecule has 0 radical (unpaired) electrons. The Bertz CT molecular complexity index is 985. The van der Waals surface area contributed by atoms with Gasteiger partial charge >= 0.3 is 0 Å². The van der Waals surface area contributed by atoms with Crippen LogP contribution in [0.3, 0.4) is 0 Å². The molecule has 3 nitrogen and oxygen atoms in total. The van der Waals surface area contributed by atoms with Gasteiger partial charge < -0.3 is 4.90 Å². The van der Waals surface area contributed by atoms with E-state index >= 15 is 0 Å². The smallest absolute Gasteiger partial charge is 0.193 e. The van der Waals surface area contributed by atoms with Crippen LogP contribution >= 0.6 is 0 Å². The van der Waals surface area contributed by atoms with Crippen molar-refractivity contribution in [3.05, 3.63) is 77.2 Å². The quantitative estimate of drug-likeness (QED) is 0.621. The van der Waals surface area contributed by atoms with Gasteiger partial charge in [0, 0.05) is 41.2 Å². The largest absolute Gasteiger partial charge is 0.300 e. The molecule has 4 heteroatoms. The third-order valence-electron chi connectivity index (χ3n) is 5.44. The maximum atomic E-state index is 13.4. The molecule has 4 rings (SSSR count). The third kappa shape index (κ3) is 3.91. The van der Waals surface area contributed by atoms with E-state index in [1.807, 2.05) is 24.3 Å². The van der Waals surface area contributed by atoms with Gasteiger partial charge in [0.15, 0.2) is 5.78 Å². The number of ketones is 1. The van der Waals surface area contributed by atoms with Crippen LogP contribution in [-0.4, -0.2) is 34.8 Å². The Balaban J connectivity index is 1.52. The fourth-order valence-electron chi connectivity index (χ4n) is 3.83. The molecular weight excluding hydrogens is 339 g/mol. The van der Waals surface area contributed by atoms with Crippen LogP contribution in [0.4, 0.5) is 4.39 Å². The Hall–Kier alpha value is -2.59. The van der Waals surface area contributed by atoms with Crippen molar-refractivity contribution >= 4 is 16.7 Å². The molecule has 3 aromatic rings. The Morgan fingerprint density at radius 2 is 2.00 bits per heavy atom. The van der Waals surface area contributed by atoms with Crippen LogP contribution in [0.5, 0.6) is 0 Å². The number of nitrogens with zero attached hydrogens (tertiary/aromatic N) is 2. The number of hydrogen-bond acceptors (Lipinski definition) is 3. The Morgan fingerprint density at radius 3 is 2.78 bits per heavy atom. The van der Waals surface area contributed by atoms with E-state index < -0.39 is 5.82 Å². The van der Waals surface area contributed by atoms with Crippen LogP contribution < -0.4 is 0 Å². The molecule has 1 saturated heterocycles. The van der Waals surface area contributed by atoms with Gasteiger partial charge in [-0.1, -0.05) is 18.2 Å². The summed E-state index contributed by atoms with van der Waals surface area (Å²) in [5.41, 5.74) is 2.87. The number of pyridine rings is 1. The van der Waals surface area contributed by atoms with Crippen LogP contribution in [0.1, 0.15) is 41.4 Å². The molecule has 1 aliphatic heterocycles. The summed E-state index contributed by atoms with van der Waals surface area (Å²) in [6, 6.07) is 16.0. The summed E-state index contributed by atoms with van der Waals surface area (Å²) < 4.78 is 13.4. The van der Waals surface area contributed by atoms with E-state index in [4.69, 9.17) is 4.98 Å². The fourth-order valence-corrected chi connectivity index (χ4v) is 3.83. The van der Waals surface area contributed by atoms with E-state index in [0.717, 1.165) is 29.6 Å². The first-order chi connectivity index (χ1) is 13.1. The highest BCUT2D eigenvalue weighted by atomic mass is 19.1. The van der Waals surface area contributed by atoms with Gasteiger partial charge in [-0.25, -0.2) is 4.39 Å². The highest BCUT2D eigenvalue weighted by Gasteiger charge is 2.19. The topological polar surface area (TPSA) is 33.2 Å². The molecule has 0 saturated carbocycles. The second kappa shape index (κ2) is 7.57. The molecule has 1 fully saturated rings. The summed E-state index contributed by atoms with van der Waals surface area (Å²) in [6.07, 6.45) is 3.51. The summed E-state index contributed by atoms with van der Waals surface area (Å²) in [5, 5.41) is 0.926. The van der Waals surface area contributed by atoms with Crippen LogP contribution in [0.2, 0.25) is 0 Å². The number of benzene rings is 2. The Kier molecular flexibility index (Phi) is 4.99. The molecule has 1 aliphatic rings. The maximum Gasteiger partial charge on any atom is 0.193 e. The second-order valence-corrected chi connectivity index (χ2v) is 7.33. The summed E-state index contributed by atoms with van der Waals surface area (Å²) >= 11 is 0. The second-order valence-electron chi connectivity index (χ2n) is 7.33. The van der Waals surface area contributed by atoms with Gasteiger partial charge in [-0.05, 0) is 62.7 Å². The molecule has 1 aromatic heterocycles. The summed E-state index contributed by atoms with van der Waals surface area (Å²) in [4.78, 5) is 19.9. The molecule has 2 heterocycles. The van der Waals surface area contributed by atoms with E-state index in [1.165, 1.54) is 31.5 Å². The molecule has 1 atom stereocenters. The van der Waals surface area contributed by atoms with Crippen molar-refractivity contribution in [2.24, 2.45) is 0 Å². The van der Waals surface area contributed by atoms with Crippen LogP contribution in [-0.2, 0) is 6.42 Å². The van der Waals surface area contributed by atoms with E-state index in [2.05, 4.69) is 11.8 Å². The highest BCUT2D eigenvalue weighted by Crippen LogP contribution is 2.20. The molecule has 27 heavy (non-hydrogen) atoms. The lowest BCUT2D eigenvalue weighted by Crippen LogP contribution is -2.29. The standard InChI is InChI=1S/C23H23FN2O/c1-16-4-3-12-26(16)13-11-21-9-7-17-14-19(8-10-22(17)25-21)23(27)18-5-2-6-20(24)15-18/h2,5-10,14-16H,3-4,11-13H2,1H3/t16-/m1/s1. The van der Waals surface area contributed by atoms with Crippen molar-refractivity contribution in [2.75, 3.05) is 13.1 Å². The number of carbonyl (C=O) groups is 1. The van der Waals surface area contributed by atoms with Crippen molar-refractivity contribution in [2.45, 2.75) is 32.2 Å². The highest BCUT2D eigenvalue weighted by molar-refractivity contribution is 6.10. The van der Waals surface area contributed by atoms with Crippen LogP contribution in [0.15, 0.2) is 54.6 Å². The van der Waals surface area contributed by atoms with Crippen molar-refractivity contribution in [3.63, 3.8) is 0 Å². The predicted molar refractivity (Wildman–Crippen MR) is 106 cm³/mol. The summed E-state index contributed by atoms with van der Waals surface area (Å²) in [7, 11) is 0. The molecule has 138 valence electrons. The number of hydrogen-bond donors (Lipinski definition) is 0. The van der Waals surface area contributed by atoms with Crippen molar-refractivity contribution in [1.29, 1.82) is 0 Å².